The predicted molar refractivity (Wildman–Crippen MR) is 60.4 cm³/mol. The van der Waals surface area contributed by atoms with Crippen LogP contribution in [0.25, 0.3) is 0 Å². The van der Waals surface area contributed by atoms with Crippen LogP contribution in [0.15, 0.2) is 17.3 Å². The third kappa shape index (κ3) is 2.80. The average Bonchev–Trinajstić information content (AvgIpc) is 2.46. The van der Waals surface area contributed by atoms with Crippen LogP contribution in [-0.4, -0.2) is 16.0 Å². The maximum atomic E-state index is 10.9. The van der Waals surface area contributed by atoms with E-state index < -0.39 is 10.9 Å². The highest BCUT2D eigenvalue weighted by Gasteiger charge is 2.15. The van der Waals surface area contributed by atoms with Crippen molar-refractivity contribution in [1.82, 2.24) is 0 Å². The van der Waals surface area contributed by atoms with Crippen molar-refractivity contribution in [2.45, 2.75) is 13.8 Å². The molecule has 0 fully saturated rings. The van der Waals surface area contributed by atoms with Gasteiger partial charge in [-0.1, -0.05) is 0 Å². The van der Waals surface area contributed by atoms with Crippen LogP contribution in [-0.2, 0) is 0 Å². The molecule has 16 heavy (non-hydrogen) atoms. The SMILES string of the molecule is CC(=C[N+](=O)[O-])Nc1c(C)csc1C(=O)O. The molecule has 7 heteroatoms. The Kier molecular flexibility index (Phi) is 3.62. The molecule has 0 atom stereocenters. The molecule has 2 N–H and O–H groups in total. The maximum absolute atomic E-state index is 10.9. The molecular weight excluding hydrogens is 232 g/mol. The van der Waals surface area contributed by atoms with Gasteiger partial charge in [0.15, 0.2) is 0 Å². The zero-order valence-electron chi connectivity index (χ0n) is 8.68. The van der Waals surface area contributed by atoms with Crippen LogP contribution < -0.4 is 5.32 Å². The summed E-state index contributed by atoms with van der Waals surface area (Å²) >= 11 is 1.09. The van der Waals surface area contributed by atoms with Crippen LogP contribution in [0.1, 0.15) is 22.2 Å². The van der Waals surface area contributed by atoms with E-state index in [1.165, 1.54) is 6.92 Å². The average molecular weight is 242 g/mol. The first-order valence-electron chi connectivity index (χ1n) is 4.32. The van der Waals surface area contributed by atoms with Crippen molar-refractivity contribution in [3.63, 3.8) is 0 Å². The van der Waals surface area contributed by atoms with Gasteiger partial charge < -0.3 is 10.4 Å². The number of hydrogen-bond acceptors (Lipinski definition) is 5. The first-order valence-corrected chi connectivity index (χ1v) is 5.20. The number of nitro groups is 1. The Bertz CT molecular complexity index is 464. The number of anilines is 1. The van der Waals surface area contributed by atoms with Gasteiger partial charge in [0.1, 0.15) is 4.88 Å². The van der Waals surface area contributed by atoms with Gasteiger partial charge in [-0.25, -0.2) is 4.79 Å². The van der Waals surface area contributed by atoms with E-state index in [0.29, 0.717) is 5.69 Å². The van der Waals surface area contributed by atoms with Gasteiger partial charge in [0.2, 0.25) is 0 Å². The van der Waals surface area contributed by atoms with E-state index in [1.54, 1.807) is 12.3 Å². The molecule has 0 saturated heterocycles. The number of carboxylic acids is 1. The summed E-state index contributed by atoms with van der Waals surface area (Å²) in [6.45, 7) is 3.25. The third-order valence-electron chi connectivity index (χ3n) is 1.79. The van der Waals surface area contributed by atoms with Crippen molar-refractivity contribution in [2.75, 3.05) is 5.32 Å². The highest BCUT2D eigenvalue weighted by Crippen LogP contribution is 2.28. The first kappa shape index (κ1) is 12.2. The number of nitrogens with zero attached hydrogens (tertiary/aromatic N) is 1. The molecular formula is C9H10N2O4S. The van der Waals surface area contributed by atoms with Crippen molar-refractivity contribution >= 4 is 23.0 Å². The van der Waals surface area contributed by atoms with Crippen LogP contribution in [0.2, 0.25) is 0 Å². The van der Waals surface area contributed by atoms with Gasteiger partial charge in [-0.3, -0.25) is 10.1 Å². The summed E-state index contributed by atoms with van der Waals surface area (Å²) < 4.78 is 0. The number of aromatic carboxylic acids is 1. The number of carbonyl (C=O) groups is 1. The van der Waals surface area contributed by atoms with Gasteiger partial charge in [-0.15, -0.1) is 11.3 Å². The monoisotopic (exact) mass is 242 g/mol. The maximum Gasteiger partial charge on any atom is 0.348 e. The van der Waals surface area contributed by atoms with Crippen molar-refractivity contribution in [1.29, 1.82) is 0 Å². The highest BCUT2D eigenvalue weighted by atomic mass is 32.1. The van der Waals surface area contributed by atoms with Crippen LogP contribution in [0.5, 0.6) is 0 Å². The highest BCUT2D eigenvalue weighted by molar-refractivity contribution is 7.12. The number of thiophene rings is 1. The van der Waals surface area contributed by atoms with E-state index in [1.807, 2.05) is 0 Å². The Morgan fingerprint density at radius 3 is 2.81 bits per heavy atom. The minimum atomic E-state index is -1.05. The second kappa shape index (κ2) is 4.75. The largest absolute Gasteiger partial charge is 0.477 e. The molecule has 1 rings (SSSR count). The van der Waals surface area contributed by atoms with Crippen molar-refractivity contribution in [3.8, 4) is 0 Å². The van der Waals surface area contributed by atoms with Gasteiger partial charge in [0.25, 0.3) is 6.20 Å². The summed E-state index contributed by atoms with van der Waals surface area (Å²) in [6, 6.07) is 0. The number of carboxylic acid groups (broad SMARTS) is 1. The van der Waals surface area contributed by atoms with Crippen LogP contribution in [0.3, 0.4) is 0 Å². The molecule has 0 aliphatic carbocycles. The van der Waals surface area contributed by atoms with E-state index in [4.69, 9.17) is 5.11 Å². The lowest BCUT2D eigenvalue weighted by Crippen LogP contribution is -2.04. The summed E-state index contributed by atoms with van der Waals surface area (Å²) in [4.78, 5) is 20.6. The second-order valence-electron chi connectivity index (χ2n) is 3.15. The smallest absolute Gasteiger partial charge is 0.348 e. The molecule has 0 saturated carbocycles. The molecule has 0 aliphatic heterocycles. The molecule has 0 spiro atoms. The molecule has 0 unspecified atom stereocenters. The van der Waals surface area contributed by atoms with Crippen molar-refractivity contribution < 1.29 is 14.8 Å². The number of rotatable bonds is 4. The second-order valence-corrected chi connectivity index (χ2v) is 4.03. The standard InChI is InChI=1S/C9H10N2O4S/c1-5-4-16-8(9(12)13)7(5)10-6(2)3-11(14)15/h3-4,10H,1-2H3,(H,12,13). The Morgan fingerprint density at radius 1 is 1.69 bits per heavy atom. The zero-order valence-corrected chi connectivity index (χ0v) is 9.50. The van der Waals surface area contributed by atoms with Gasteiger partial charge in [-0.2, -0.15) is 0 Å². The van der Waals surface area contributed by atoms with E-state index in [-0.39, 0.29) is 10.6 Å². The molecule has 0 bridgehead atoms. The predicted octanol–water partition coefficient (Wildman–Crippen LogP) is 2.30. The summed E-state index contributed by atoms with van der Waals surface area (Å²) in [6.07, 6.45) is 0.794. The quantitative estimate of drug-likeness (QED) is 0.624. The zero-order chi connectivity index (χ0) is 12.3. The van der Waals surface area contributed by atoms with Crippen LogP contribution in [0, 0.1) is 17.0 Å². The van der Waals surface area contributed by atoms with Gasteiger partial charge in [0, 0.05) is 0 Å². The molecule has 1 aromatic rings. The molecule has 86 valence electrons. The fraction of sp³-hybridized carbons (Fsp3) is 0.222. The van der Waals surface area contributed by atoms with Crippen LogP contribution >= 0.6 is 11.3 Å². The lowest BCUT2D eigenvalue weighted by Gasteiger charge is -2.05. The molecule has 1 aromatic heterocycles. The number of hydrogen-bond donors (Lipinski definition) is 2. The fourth-order valence-corrected chi connectivity index (χ4v) is 1.99. The molecule has 0 amide bonds. The van der Waals surface area contributed by atoms with Gasteiger partial charge >= 0.3 is 5.97 Å². The number of nitrogens with one attached hydrogen (secondary N) is 1. The first-order chi connectivity index (χ1) is 7.41. The molecule has 0 radical (unpaired) electrons. The topological polar surface area (TPSA) is 92.5 Å². The number of aryl methyl sites for hydroxylation is 1. The number of allylic oxidation sites excluding steroid dienone is 1. The summed E-state index contributed by atoms with van der Waals surface area (Å²) in [7, 11) is 0. The Balaban J connectivity index is 3.01. The lowest BCUT2D eigenvalue weighted by atomic mass is 10.2. The molecule has 0 aromatic carbocycles. The molecule has 6 nitrogen and oxygen atoms in total. The molecule has 0 aliphatic rings. The summed E-state index contributed by atoms with van der Waals surface area (Å²) in [5.41, 5.74) is 1.44. The van der Waals surface area contributed by atoms with E-state index in [9.17, 15) is 14.9 Å². The Labute approximate surface area is 95.4 Å². The summed E-state index contributed by atoms with van der Waals surface area (Å²) in [5.74, 6) is -1.05. The van der Waals surface area contributed by atoms with Gasteiger partial charge in [-0.05, 0) is 24.8 Å². The van der Waals surface area contributed by atoms with E-state index in [2.05, 4.69) is 5.32 Å². The van der Waals surface area contributed by atoms with E-state index in [0.717, 1.165) is 23.1 Å². The van der Waals surface area contributed by atoms with Crippen molar-refractivity contribution in [3.05, 3.63) is 37.8 Å². The van der Waals surface area contributed by atoms with Crippen molar-refractivity contribution in [2.24, 2.45) is 0 Å². The Morgan fingerprint density at radius 2 is 2.31 bits per heavy atom. The molecule has 1 heterocycles. The normalized spacial score (nSPS) is 11.2. The van der Waals surface area contributed by atoms with Gasteiger partial charge in [0.05, 0.1) is 16.3 Å². The minimum Gasteiger partial charge on any atom is -0.477 e. The van der Waals surface area contributed by atoms with Crippen LogP contribution in [0.4, 0.5) is 5.69 Å². The summed E-state index contributed by atoms with van der Waals surface area (Å²) in [5, 5.41) is 23.5. The van der Waals surface area contributed by atoms with E-state index >= 15 is 0 Å². The Hall–Kier alpha value is -1.89. The lowest BCUT2D eigenvalue weighted by molar-refractivity contribution is -0.403. The third-order valence-corrected chi connectivity index (χ3v) is 2.88. The minimum absolute atomic E-state index is 0.147. The fourth-order valence-electron chi connectivity index (χ4n) is 1.14.